The van der Waals surface area contributed by atoms with Crippen LogP contribution in [0.2, 0.25) is 0 Å². The summed E-state index contributed by atoms with van der Waals surface area (Å²) in [5.41, 5.74) is 1.62. The second-order valence-electron chi connectivity index (χ2n) is 14.6. The SMILES string of the molecule is CC[C@@H](C)[C@@H]1OC(=O)CCNC(=O)[C@H](Cc2ccccc2)N(C)C(=O)[C@H](C(C)C)N(C)C(=O)[C@H](Cc2ccccc2)NC(=O)[C@@H]2[C@@H](C)CCN2C1=O. The average Bonchev–Trinajstić information content (AvgIpc) is 3.52. The van der Waals surface area contributed by atoms with Gasteiger partial charge in [-0.2, -0.15) is 0 Å². The lowest BCUT2D eigenvalue weighted by Crippen LogP contribution is -2.61. The van der Waals surface area contributed by atoms with Gasteiger partial charge in [-0.1, -0.05) is 95.3 Å². The van der Waals surface area contributed by atoms with Gasteiger partial charge in [-0.05, 0) is 35.8 Å². The molecule has 4 rings (SSSR count). The Morgan fingerprint density at radius 1 is 0.788 bits per heavy atom. The van der Waals surface area contributed by atoms with Crippen LogP contribution < -0.4 is 10.6 Å². The van der Waals surface area contributed by atoms with Gasteiger partial charge in [0.25, 0.3) is 5.91 Å². The predicted molar refractivity (Wildman–Crippen MR) is 196 cm³/mol. The zero-order valence-corrected chi connectivity index (χ0v) is 31.5. The third kappa shape index (κ3) is 9.57. The third-order valence-corrected chi connectivity index (χ3v) is 10.5. The maximum Gasteiger partial charge on any atom is 0.308 e. The highest BCUT2D eigenvalue weighted by molar-refractivity contribution is 5.96. The number of fused-ring (bicyclic) bond motifs is 1. The van der Waals surface area contributed by atoms with E-state index in [-0.39, 0.29) is 50.1 Å². The maximum atomic E-state index is 14.5. The average molecular weight is 718 g/mol. The molecular weight excluding hydrogens is 662 g/mol. The highest BCUT2D eigenvalue weighted by atomic mass is 16.5. The summed E-state index contributed by atoms with van der Waals surface area (Å²) in [4.78, 5) is 88.5. The van der Waals surface area contributed by atoms with Crippen molar-refractivity contribution in [1.82, 2.24) is 25.3 Å². The molecule has 12 nitrogen and oxygen atoms in total. The number of amides is 5. The molecule has 7 atom stereocenters. The van der Waals surface area contributed by atoms with Crippen molar-refractivity contribution in [3.8, 4) is 0 Å². The Hall–Kier alpha value is -4.74. The molecule has 5 amide bonds. The summed E-state index contributed by atoms with van der Waals surface area (Å²) in [6.07, 6.45) is 0.0913. The quantitative estimate of drug-likeness (QED) is 0.419. The van der Waals surface area contributed by atoms with Crippen LogP contribution in [0.4, 0.5) is 0 Å². The van der Waals surface area contributed by atoms with Gasteiger partial charge in [0.1, 0.15) is 24.2 Å². The summed E-state index contributed by atoms with van der Waals surface area (Å²) in [6, 6.07) is 14.6. The molecule has 2 saturated heterocycles. The summed E-state index contributed by atoms with van der Waals surface area (Å²) in [7, 11) is 3.09. The molecule has 2 aromatic rings. The second kappa shape index (κ2) is 18.1. The maximum absolute atomic E-state index is 14.5. The van der Waals surface area contributed by atoms with E-state index in [2.05, 4.69) is 10.6 Å². The molecule has 2 aliphatic heterocycles. The third-order valence-electron chi connectivity index (χ3n) is 10.5. The number of carbonyl (C=O) groups is 6. The number of hydrogen-bond acceptors (Lipinski definition) is 7. The van der Waals surface area contributed by atoms with E-state index in [1.54, 1.807) is 14.1 Å². The second-order valence-corrected chi connectivity index (χ2v) is 14.6. The Morgan fingerprint density at radius 3 is 1.96 bits per heavy atom. The predicted octanol–water partition coefficient (Wildman–Crippen LogP) is 2.98. The molecule has 0 unspecified atom stereocenters. The molecule has 2 aliphatic rings. The molecule has 2 heterocycles. The van der Waals surface area contributed by atoms with Crippen LogP contribution in [-0.4, -0.2) is 108 Å². The first-order chi connectivity index (χ1) is 24.7. The van der Waals surface area contributed by atoms with Crippen molar-refractivity contribution in [1.29, 1.82) is 0 Å². The molecular formula is C40H55N5O7. The molecule has 2 aromatic carbocycles. The minimum Gasteiger partial charge on any atom is -0.452 e. The fourth-order valence-electron chi connectivity index (χ4n) is 7.18. The van der Waals surface area contributed by atoms with Crippen molar-refractivity contribution in [2.75, 3.05) is 27.2 Å². The fourth-order valence-corrected chi connectivity index (χ4v) is 7.18. The van der Waals surface area contributed by atoms with Crippen molar-refractivity contribution in [2.24, 2.45) is 17.8 Å². The minimum atomic E-state index is -1.13. The molecule has 0 spiro atoms. The summed E-state index contributed by atoms with van der Waals surface area (Å²) < 4.78 is 5.79. The smallest absolute Gasteiger partial charge is 0.308 e. The van der Waals surface area contributed by atoms with Crippen molar-refractivity contribution in [3.63, 3.8) is 0 Å². The zero-order valence-electron chi connectivity index (χ0n) is 31.5. The highest BCUT2D eigenvalue weighted by Gasteiger charge is 2.45. The largest absolute Gasteiger partial charge is 0.452 e. The van der Waals surface area contributed by atoms with Crippen molar-refractivity contribution >= 4 is 35.5 Å². The number of benzene rings is 2. The molecule has 282 valence electrons. The van der Waals surface area contributed by atoms with Gasteiger partial charge in [-0.15, -0.1) is 0 Å². The Morgan fingerprint density at radius 2 is 1.38 bits per heavy atom. The summed E-state index contributed by atoms with van der Waals surface area (Å²) in [5, 5.41) is 5.76. The molecule has 0 saturated carbocycles. The molecule has 12 heteroatoms. The normalized spacial score (nSPS) is 26.6. The van der Waals surface area contributed by atoms with Crippen LogP contribution in [-0.2, 0) is 46.3 Å². The molecule has 52 heavy (non-hydrogen) atoms. The van der Waals surface area contributed by atoms with Crippen LogP contribution in [0.1, 0.15) is 65.0 Å². The van der Waals surface area contributed by atoms with Gasteiger partial charge in [0.05, 0.1) is 6.42 Å². The first-order valence-corrected chi connectivity index (χ1v) is 18.4. The number of nitrogens with zero attached hydrogens (tertiary/aromatic N) is 3. The van der Waals surface area contributed by atoms with E-state index in [9.17, 15) is 28.8 Å². The minimum absolute atomic E-state index is 0.0780. The van der Waals surface area contributed by atoms with Gasteiger partial charge >= 0.3 is 5.97 Å². The number of nitrogens with one attached hydrogen (secondary N) is 2. The van der Waals surface area contributed by atoms with Crippen molar-refractivity contribution < 1.29 is 33.5 Å². The number of hydrogen-bond donors (Lipinski definition) is 2. The highest BCUT2D eigenvalue weighted by Crippen LogP contribution is 2.28. The van der Waals surface area contributed by atoms with Gasteiger partial charge in [0.15, 0.2) is 6.10 Å². The number of esters is 1. The zero-order chi connectivity index (χ0) is 38.1. The van der Waals surface area contributed by atoms with E-state index in [1.165, 1.54) is 14.7 Å². The van der Waals surface area contributed by atoms with E-state index < -0.39 is 65.8 Å². The summed E-state index contributed by atoms with van der Waals surface area (Å²) in [5.74, 6) is -3.94. The topological polar surface area (TPSA) is 145 Å². The van der Waals surface area contributed by atoms with E-state index in [4.69, 9.17) is 4.74 Å². The molecule has 0 aromatic heterocycles. The standard InChI is InChI=1S/C40H55N5O7/c1-8-26(4)35-40(51)45-22-20-27(5)34(45)37(48)42-30(23-28-15-11-9-12-16-28)38(49)44(7)33(25(2)3)39(50)43(6)31(24-29-17-13-10-14-18-29)36(47)41-21-19-32(46)52-35/h9-18,25-27,30-31,33-35H,8,19-24H2,1-7H3,(H,41,47)(H,42,48)/t26-,27+,30+,31+,33+,34+,35+/m1/s1. The molecule has 0 aliphatic carbocycles. The van der Waals surface area contributed by atoms with Crippen LogP contribution in [0.15, 0.2) is 60.7 Å². The molecule has 0 bridgehead atoms. The van der Waals surface area contributed by atoms with E-state index >= 15 is 0 Å². The Kier molecular flexibility index (Phi) is 14.0. The Bertz CT molecular complexity index is 1570. The van der Waals surface area contributed by atoms with Gasteiger partial charge < -0.3 is 30.1 Å². The van der Waals surface area contributed by atoms with Crippen LogP contribution in [0.25, 0.3) is 0 Å². The molecule has 2 N–H and O–H groups in total. The van der Waals surface area contributed by atoms with E-state index in [1.807, 2.05) is 95.3 Å². The lowest BCUT2D eigenvalue weighted by molar-refractivity contribution is -0.165. The number of rotatable bonds is 7. The fraction of sp³-hybridized carbons (Fsp3) is 0.550. The van der Waals surface area contributed by atoms with Crippen LogP contribution in [0.3, 0.4) is 0 Å². The van der Waals surface area contributed by atoms with Gasteiger partial charge in [-0.3, -0.25) is 28.8 Å². The van der Waals surface area contributed by atoms with E-state index in [0.717, 1.165) is 11.1 Å². The number of ether oxygens (including phenoxy) is 1. The monoisotopic (exact) mass is 717 g/mol. The van der Waals surface area contributed by atoms with Crippen LogP contribution >= 0.6 is 0 Å². The van der Waals surface area contributed by atoms with Crippen molar-refractivity contribution in [3.05, 3.63) is 71.8 Å². The summed E-state index contributed by atoms with van der Waals surface area (Å²) in [6.45, 7) is 9.46. The number of cyclic esters (lactones) is 1. The van der Waals surface area contributed by atoms with Crippen molar-refractivity contribution in [2.45, 2.75) is 97.0 Å². The molecule has 0 radical (unpaired) electrons. The molecule has 2 fully saturated rings. The van der Waals surface area contributed by atoms with Gasteiger partial charge in [0.2, 0.25) is 23.6 Å². The summed E-state index contributed by atoms with van der Waals surface area (Å²) >= 11 is 0. The van der Waals surface area contributed by atoms with Gasteiger partial charge in [-0.25, -0.2) is 0 Å². The van der Waals surface area contributed by atoms with Crippen LogP contribution in [0, 0.1) is 17.8 Å². The van der Waals surface area contributed by atoms with Gasteiger partial charge in [0, 0.05) is 45.9 Å². The van der Waals surface area contributed by atoms with Crippen LogP contribution in [0.5, 0.6) is 0 Å². The first-order valence-electron chi connectivity index (χ1n) is 18.4. The lowest BCUT2D eigenvalue weighted by Gasteiger charge is -2.38. The van der Waals surface area contributed by atoms with E-state index in [0.29, 0.717) is 12.8 Å². The Labute approximate surface area is 307 Å². The number of likely N-dealkylation sites (N-methyl/N-ethyl adjacent to an activating group) is 2. The first kappa shape index (κ1) is 40.0. The lowest BCUT2D eigenvalue weighted by atomic mass is 9.96. The number of carbonyl (C=O) groups excluding carboxylic acids is 6. The Balaban J connectivity index is 1.78.